The maximum Gasteiger partial charge on any atom is 0.300 e. The van der Waals surface area contributed by atoms with Crippen LogP contribution in [0.3, 0.4) is 0 Å². The first kappa shape index (κ1) is 10.4. The molecule has 0 aliphatic heterocycles. The number of rotatable bonds is 2. The number of aromatic nitrogens is 2. The Kier molecular flexibility index (Phi) is 2.26. The minimum absolute atomic E-state index is 0.124. The van der Waals surface area contributed by atoms with Crippen LogP contribution in [-0.4, -0.2) is 19.6 Å². The lowest BCUT2D eigenvalue weighted by atomic mass is 10.2. The Hall–Kier alpha value is -2.11. The van der Waals surface area contributed by atoms with Crippen LogP contribution in [-0.2, 0) is 0 Å². The highest BCUT2D eigenvalue weighted by atomic mass is 16.6. The molecule has 0 atom stereocenters. The van der Waals surface area contributed by atoms with Crippen LogP contribution in [0.25, 0.3) is 11.0 Å². The number of non-ortho nitro benzene ring substituents is 1. The Balaban J connectivity index is 2.81. The molecule has 6 nitrogen and oxygen atoms in total. The minimum Gasteiger partial charge on any atom is -0.508 e. The minimum atomic E-state index is -0.542. The number of nitro groups is 1. The molecule has 6 heteroatoms. The quantitative estimate of drug-likeness (QED) is 0.622. The fourth-order valence-corrected chi connectivity index (χ4v) is 1.65. The zero-order valence-corrected chi connectivity index (χ0v) is 8.91. The van der Waals surface area contributed by atoms with Crippen molar-refractivity contribution >= 4 is 16.7 Å². The van der Waals surface area contributed by atoms with Crippen LogP contribution in [0.4, 0.5) is 5.69 Å². The molecular weight excluding hydrogens is 210 g/mol. The molecular formula is C10H11N3O3. The Labute approximate surface area is 91.3 Å². The zero-order chi connectivity index (χ0) is 11.9. The Morgan fingerprint density at radius 1 is 1.50 bits per heavy atom. The molecule has 0 fully saturated rings. The van der Waals surface area contributed by atoms with Gasteiger partial charge in [-0.05, 0) is 13.8 Å². The molecule has 2 aromatic rings. The fourth-order valence-electron chi connectivity index (χ4n) is 1.65. The van der Waals surface area contributed by atoms with Gasteiger partial charge in [-0.3, -0.25) is 10.1 Å². The number of fused-ring (bicyclic) bond motifs is 1. The molecule has 1 aromatic heterocycles. The van der Waals surface area contributed by atoms with Crippen molar-refractivity contribution in [3.8, 4) is 5.75 Å². The number of nitro benzene ring substituents is 1. The molecule has 0 unspecified atom stereocenters. The normalized spacial score (nSPS) is 11.2. The van der Waals surface area contributed by atoms with Gasteiger partial charge in [0.2, 0.25) is 0 Å². The monoisotopic (exact) mass is 221 g/mol. The molecule has 1 N–H and O–H groups in total. The van der Waals surface area contributed by atoms with E-state index in [0.29, 0.717) is 11.0 Å². The smallest absolute Gasteiger partial charge is 0.300 e. The highest BCUT2D eigenvalue weighted by molar-refractivity contribution is 5.86. The Bertz CT molecular complexity index is 560. The SMILES string of the molecule is CC(C)n1cnc2c([N+](=O)[O-])cc(O)cc21. The van der Waals surface area contributed by atoms with E-state index >= 15 is 0 Å². The molecule has 0 aliphatic carbocycles. The summed E-state index contributed by atoms with van der Waals surface area (Å²) in [7, 11) is 0. The molecule has 0 radical (unpaired) electrons. The van der Waals surface area contributed by atoms with Crippen molar-refractivity contribution < 1.29 is 10.0 Å². The summed E-state index contributed by atoms with van der Waals surface area (Å²) in [5.41, 5.74) is 0.701. The molecule has 0 amide bonds. The van der Waals surface area contributed by atoms with Crippen LogP contribution >= 0.6 is 0 Å². The van der Waals surface area contributed by atoms with Crippen molar-refractivity contribution in [1.29, 1.82) is 0 Å². The summed E-state index contributed by atoms with van der Waals surface area (Å²) < 4.78 is 1.78. The first-order chi connectivity index (χ1) is 7.50. The summed E-state index contributed by atoms with van der Waals surface area (Å²) >= 11 is 0. The van der Waals surface area contributed by atoms with Crippen LogP contribution in [0.2, 0.25) is 0 Å². The number of hydrogen-bond acceptors (Lipinski definition) is 4. The van der Waals surface area contributed by atoms with Gasteiger partial charge in [-0.1, -0.05) is 0 Å². The highest BCUT2D eigenvalue weighted by Gasteiger charge is 2.18. The van der Waals surface area contributed by atoms with Crippen LogP contribution in [0.15, 0.2) is 18.5 Å². The molecule has 1 aromatic carbocycles. The molecule has 2 rings (SSSR count). The number of phenols is 1. The van der Waals surface area contributed by atoms with Gasteiger partial charge < -0.3 is 9.67 Å². The van der Waals surface area contributed by atoms with Gasteiger partial charge in [-0.25, -0.2) is 4.98 Å². The van der Waals surface area contributed by atoms with E-state index in [0.717, 1.165) is 6.07 Å². The summed E-state index contributed by atoms with van der Waals surface area (Å²) in [6.07, 6.45) is 1.54. The van der Waals surface area contributed by atoms with Crippen molar-refractivity contribution in [3.63, 3.8) is 0 Å². The second kappa shape index (κ2) is 3.48. The standard InChI is InChI=1S/C10H11N3O3/c1-6(2)12-5-11-10-8(12)3-7(14)4-9(10)13(15)16/h3-6,14H,1-2H3. The second-order valence-electron chi connectivity index (χ2n) is 3.84. The summed E-state index contributed by atoms with van der Waals surface area (Å²) in [6.45, 7) is 3.88. The third-order valence-electron chi connectivity index (χ3n) is 2.40. The third-order valence-corrected chi connectivity index (χ3v) is 2.40. The van der Waals surface area contributed by atoms with E-state index in [9.17, 15) is 15.2 Å². The van der Waals surface area contributed by atoms with E-state index in [1.54, 1.807) is 10.9 Å². The van der Waals surface area contributed by atoms with E-state index < -0.39 is 4.92 Å². The van der Waals surface area contributed by atoms with Crippen molar-refractivity contribution in [2.45, 2.75) is 19.9 Å². The average molecular weight is 221 g/mol. The number of benzene rings is 1. The average Bonchev–Trinajstić information content (AvgIpc) is 2.59. The van der Waals surface area contributed by atoms with Gasteiger partial charge in [0.15, 0.2) is 5.52 Å². The van der Waals surface area contributed by atoms with Crippen molar-refractivity contribution in [2.24, 2.45) is 0 Å². The first-order valence-corrected chi connectivity index (χ1v) is 4.84. The van der Waals surface area contributed by atoms with Crippen LogP contribution in [0.5, 0.6) is 5.75 Å². The second-order valence-corrected chi connectivity index (χ2v) is 3.84. The number of hydrogen-bond donors (Lipinski definition) is 1. The van der Waals surface area contributed by atoms with Gasteiger partial charge in [0.05, 0.1) is 22.8 Å². The predicted molar refractivity (Wildman–Crippen MR) is 58.4 cm³/mol. The summed E-state index contributed by atoms with van der Waals surface area (Å²) in [5, 5.41) is 20.2. The van der Waals surface area contributed by atoms with E-state index in [-0.39, 0.29) is 17.5 Å². The van der Waals surface area contributed by atoms with E-state index in [2.05, 4.69) is 4.98 Å². The molecule has 0 saturated carbocycles. The summed E-state index contributed by atoms with van der Waals surface area (Å²) in [4.78, 5) is 14.3. The van der Waals surface area contributed by atoms with Gasteiger partial charge in [0.1, 0.15) is 5.75 Å². The first-order valence-electron chi connectivity index (χ1n) is 4.84. The lowest BCUT2D eigenvalue weighted by Crippen LogP contribution is -1.98. The van der Waals surface area contributed by atoms with Crippen molar-refractivity contribution in [3.05, 3.63) is 28.6 Å². The van der Waals surface area contributed by atoms with Crippen molar-refractivity contribution in [2.75, 3.05) is 0 Å². The van der Waals surface area contributed by atoms with Crippen LogP contribution < -0.4 is 0 Å². The molecule has 0 bridgehead atoms. The topological polar surface area (TPSA) is 81.2 Å². The molecule has 16 heavy (non-hydrogen) atoms. The zero-order valence-electron chi connectivity index (χ0n) is 8.91. The largest absolute Gasteiger partial charge is 0.508 e. The number of nitrogens with zero attached hydrogens (tertiary/aromatic N) is 3. The number of imidazole rings is 1. The third kappa shape index (κ3) is 1.48. The van der Waals surface area contributed by atoms with E-state index in [1.165, 1.54) is 6.07 Å². The number of aromatic hydroxyl groups is 1. The molecule has 0 aliphatic rings. The lowest BCUT2D eigenvalue weighted by Gasteiger charge is -2.07. The van der Waals surface area contributed by atoms with Crippen molar-refractivity contribution in [1.82, 2.24) is 9.55 Å². The predicted octanol–water partition coefficient (Wildman–Crippen LogP) is 2.23. The molecule has 0 spiro atoms. The maximum absolute atomic E-state index is 10.8. The summed E-state index contributed by atoms with van der Waals surface area (Å²) in [6, 6.07) is 2.72. The Morgan fingerprint density at radius 3 is 2.75 bits per heavy atom. The molecule has 0 saturated heterocycles. The van der Waals surface area contributed by atoms with Gasteiger partial charge in [-0.2, -0.15) is 0 Å². The van der Waals surface area contributed by atoms with E-state index in [1.807, 2.05) is 13.8 Å². The number of phenolic OH excluding ortho intramolecular Hbond substituents is 1. The van der Waals surface area contributed by atoms with Crippen LogP contribution in [0, 0.1) is 10.1 Å². The van der Waals surface area contributed by atoms with Gasteiger partial charge in [-0.15, -0.1) is 0 Å². The Morgan fingerprint density at radius 2 is 2.19 bits per heavy atom. The summed E-state index contributed by atoms with van der Waals surface area (Å²) in [5.74, 6) is -0.124. The molecule has 1 heterocycles. The highest BCUT2D eigenvalue weighted by Crippen LogP contribution is 2.30. The maximum atomic E-state index is 10.8. The lowest BCUT2D eigenvalue weighted by molar-refractivity contribution is -0.383. The van der Waals surface area contributed by atoms with Gasteiger partial charge in [0.25, 0.3) is 0 Å². The van der Waals surface area contributed by atoms with Gasteiger partial charge >= 0.3 is 5.69 Å². The van der Waals surface area contributed by atoms with Gasteiger partial charge in [0, 0.05) is 12.1 Å². The van der Waals surface area contributed by atoms with Crippen LogP contribution in [0.1, 0.15) is 19.9 Å². The fraction of sp³-hybridized carbons (Fsp3) is 0.300. The van der Waals surface area contributed by atoms with E-state index in [4.69, 9.17) is 0 Å². The molecule has 84 valence electrons.